The molecule has 0 spiro atoms. The number of hydrogen-bond acceptors (Lipinski definition) is 5. The molecule has 1 saturated carbocycles. The van der Waals surface area contributed by atoms with Crippen LogP contribution in [0.5, 0.6) is 0 Å². The largest absolute Gasteiger partial charge is 0.348 e. The Bertz CT molecular complexity index is 1080. The Kier molecular flexibility index (Phi) is 5.97. The predicted octanol–water partition coefficient (Wildman–Crippen LogP) is 6.05. The van der Waals surface area contributed by atoms with Crippen LogP contribution in [0.25, 0.3) is 0 Å². The van der Waals surface area contributed by atoms with Crippen molar-refractivity contribution in [3.05, 3.63) is 72.4 Å². The van der Waals surface area contributed by atoms with Crippen molar-refractivity contribution in [1.82, 2.24) is 20.0 Å². The molecule has 2 N–H and O–H groups in total. The van der Waals surface area contributed by atoms with Crippen molar-refractivity contribution in [2.24, 2.45) is 10.9 Å². The summed E-state index contributed by atoms with van der Waals surface area (Å²) in [6.07, 6.45) is 10.4. The summed E-state index contributed by atoms with van der Waals surface area (Å²) in [5.41, 5.74) is 7.10. The zero-order chi connectivity index (χ0) is 21.8. The summed E-state index contributed by atoms with van der Waals surface area (Å²) in [6, 6.07) is 20.8. The number of hydrogen-bond donors (Lipinski definition) is 2. The van der Waals surface area contributed by atoms with Crippen LogP contribution in [0.15, 0.2) is 71.9 Å². The second kappa shape index (κ2) is 9.18. The third-order valence-electron chi connectivity index (χ3n) is 6.63. The number of benzene rings is 2. The second-order valence-corrected chi connectivity index (χ2v) is 8.84. The van der Waals surface area contributed by atoms with E-state index in [4.69, 9.17) is 9.98 Å². The summed E-state index contributed by atoms with van der Waals surface area (Å²) >= 11 is 0. The highest BCUT2D eigenvalue weighted by atomic mass is 15.7. The fraction of sp³-hybridized carbons (Fsp3) is 0.346. The maximum absolute atomic E-state index is 4.95. The highest BCUT2D eigenvalue weighted by Crippen LogP contribution is 2.42. The van der Waals surface area contributed by atoms with Crippen LogP contribution in [0.2, 0.25) is 0 Å². The fourth-order valence-corrected chi connectivity index (χ4v) is 4.77. The maximum Gasteiger partial charge on any atom is 0.263 e. The Balaban J connectivity index is 1.44. The number of para-hydroxylation sites is 2. The minimum Gasteiger partial charge on any atom is -0.348 e. The van der Waals surface area contributed by atoms with Gasteiger partial charge in [0.15, 0.2) is 5.69 Å². The van der Waals surface area contributed by atoms with E-state index in [9.17, 15) is 0 Å². The Morgan fingerprint density at radius 2 is 1.75 bits per heavy atom. The molecule has 32 heavy (non-hydrogen) atoms. The average molecular weight is 428 g/mol. The number of aliphatic imine (C=N–C) groups is 1. The summed E-state index contributed by atoms with van der Waals surface area (Å²) in [7, 11) is 0. The monoisotopic (exact) mass is 427 g/mol. The lowest BCUT2D eigenvalue weighted by Crippen LogP contribution is -2.55. The number of nitrogens with zero attached hydrogens (tertiary/aromatic N) is 4. The zero-order valence-electron chi connectivity index (χ0n) is 18.6. The van der Waals surface area contributed by atoms with Crippen LogP contribution in [-0.2, 0) is 0 Å². The average Bonchev–Trinajstić information content (AvgIpc) is 3.24. The number of anilines is 1. The van der Waals surface area contributed by atoms with Crippen molar-refractivity contribution in [1.29, 1.82) is 0 Å². The van der Waals surface area contributed by atoms with Gasteiger partial charge in [0.25, 0.3) is 5.82 Å². The molecule has 2 aliphatic rings. The van der Waals surface area contributed by atoms with Gasteiger partial charge in [-0.25, -0.2) is 4.98 Å². The lowest BCUT2D eigenvalue weighted by Gasteiger charge is -2.31. The molecule has 0 bridgehead atoms. The normalized spacial score (nSPS) is 21.3. The van der Waals surface area contributed by atoms with E-state index in [1.54, 1.807) is 0 Å². The first-order chi connectivity index (χ1) is 15.7. The topological polar surface area (TPSA) is 62.2 Å². The highest BCUT2D eigenvalue weighted by molar-refractivity contribution is 5.93. The number of aromatic nitrogens is 2. The lowest BCUT2D eigenvalue weighted by molar-refractivity contribution is 0.295. The molecule has 1 fully saturated rings. The Labute approximate surface area is 190 Å². The molecular formula is C26H31N6+. The number of quaternary nitrogens is 1. The van der Waals surface area contributed by atoms with Crippen LogP contribution in [0.4, 0.5) is 23.1 Å². The van der Waals surface area contributed by atoms with Gasteiger partial charge in [0.2, 0.25) is 12.3 Å². The van der Waals surface area contributed by atoms with Gasteiger partial charge in [-0.1, -0.05) is 61.7 Å². The van der Waals surface area contributed by atoms with Crippen LogP contribution in [0, 0.1) is 5.92 Å². The SMILES string of the molecule is CC(Nc1nccc([N+]2(NCC3CCCCC3)C=Nc3ccccc32)n1)c1ccccc1. The molecular weight excluding hydrogens is 396 g/mol. The molecule has 1 aliphatic carbocycles. The van der Waals surface area contributed by atoms with Gasteiger partial charge in [0.1, 0.15) is 5.69 Å². The molecule has 6 heteroatoms. The smallest absolute Gasteiger partial charge is 0.263 e. The minimum atomic E-state index is 0.106. The molecule has 0 amide bonds. The third-order valence-corrected chi connectivity index (χ3v) is 6.63. The van der Waals surface area contributed by atoms with E-state index in [2.05, 4.69) is 65.1 Å². The van der Waals surface area contributed by atoms with Crippen molar-refractivity contribution >= 4 is 29.5 Å². The van der Waals surface area contributed by atoms with Gasteiger partial charge in [0.05, 0.1) is 6.04 Å². The van der Waals surface area contributed by atoms with Gasteiger partial charge >= 0.3 is 0 Å². The minimum absolute atomic E-state index is 0.106. The molecule has 6 nitrogen and oxygen atoms in total. The van der Waals surface area contributed by atoms with Crippen LogP contribution in [-0.4, -0.2) is 22.9 Å². The van der Waals surface area contributed by atoms with Gasteiger partial charge in [0, 0.05) is 24.9 Å². The number of nitrogens with one attached hydrogen (secondary N) is 2. The summed E-state index contributed by atoms with van der Waals surface area (Å²) in [4.78, 5) is 14.2. The Morgan fingerprint density at radius 1 is 0.969 bits per heavy atom. The van der Waals surface area contributed by atoms with Crippen molar-refractivity contribution < 1.29 is 0 Å². The first-order valence-corrected chi connectivity index (χ1v) is 11.7. The van der Waals surface area contributed by atoms with Crippen molar-refractivity contribution in [2.75, 3.05) is 11.9 Å². The first-order valence-electron chi connectivity index (χ1n) is 11.7. The number of fused-ring (bicyclic) bond motifs is 1. The van der Waals surface area contributed by atoms with E-state index in [1.807, 2.05) is 30.7 Å². The molecule has 3 aromatic rings. The Hall–Kier alpha value is -3.09. The second-order valence-electron chi connectivity index (χ2n) is 8.84. The van der Waals surface area contributed by atoms with Gasteiger partial charge < -0.3 is 5.32 Å². The third kappa shape index (κ3) is 4.16. The molecule has 0 radical (unpaired) electrons. The highest BCUT2D eigenvalue weighted by Gasteiger charge is 2.41. The van der Waals surface area contributed by atoms with Gasteiger partial charge in [-0.05, 0) is 37.3 Å². The van der Waals surface area contributed by atoms with Gasteiger partial charge in [-0.3, -0.25) is 0 Å². The molecule has 2 aromatic carbocycles. The lowest BCUT2D eigenvalue weighted by atomic mass is 9.89. The van der Waals surface area contributed by atoms with Gasteiger partial charge in [-0.15, -0.1) is 10.0 Å². The maximum atomic E-state index is 4.95. The van der Waals surface area contributed by atoms with E-state index in [0.717, 1.165) is 23.7 Å². The standard InChI is InChI=1S/C26H31N6/c1-20(22-12-6-3-7-13-22)30-26-27-17-16-25(31-26)32(29-18-21-10-4-2-5-11-21)19-28-23-14-8-9-15-24(23)32/h3,6-9,12-17,19-21,29H,2,4-5,10-11,18H2,1H3,(H,27,30,31)/q+1. The molecule has 2 unspecified atom stereocenters. The molecule has 0 saturated heterocycles. The molecule has 164 valence electrons. The summed E-state index contributed by atoms with van der Waals surface area (Å²) in [6.45, 7) is 3.07. The van der Waals surface area contributed by atoms with Gasteiger partial charge in [-0.2, -0.15) is 9.98 Å². The van der Waals surface area contributed by atoms with E-state index < -0.39 is 0 Å². The van der Waals surface area contributed by atoms with Crippen molar-refractivity contribution in [3.63, 3.8) is 0 Å². The van der Waals surface area contributed by atoms with E-state index >= 15 is 0 Å². The van der Waals surface area contributed by atoms with Crippen LogP contribution in [0.1, 0.15) is 50.6 Å². The van der Waals surface area contributed by atoms with Crippen LogP contribution in [0.3, 0.4) is 0 Å². The van der Waals surface area contributed by atoms with E-state index in [1.165, 1.54) is 37.7 Å². The van der Waals surface area contributed by atoms with E-state index in [0.29, 0.717) is 16.5 Å². The quantitative estimate of drug-likeness (QED) is 0.451. The molecule has 5 rings (SSSR count). The fourth-order valence-electron chi connectivity index (χ4n) is 4.77. The molecule has 2 heterocycles. The number of rotatable bonds is 7. The first kappa shape index (κ1) is 20.8. The Morgan fingerprint density at radius 3 is 2.59 bits per heavy atom. The molecule has 1 aliphatic heterocycles. The van der Waals surface area contributed by atoms with Crippen molar-refractivity contribution in [2.45, 2.75) is 45.1 Å². The molecule has 2 atom stereocenters. The summed E-state index contributed by atoms with van der Waals surface area (Å²) in [5, 5.41) is 3.46. The van der Waals surface area contributed by atoms with E-state index in [-0.39, 0.29) is 6.04 Å². The van der Waals surface area contributed by atoms with Crippen LogP contribution < -0.4 is 15.3 Å². The zero-order valence-corrected chi connectivity index (χ0v) is 18.6. The predicted molar refractivity (Wildman–Crippen MR) is 131 cm³/mol. The van der Waals surface area contributed by atoms with Crippen LogP contribution >= 0.6 is 0 Å². The molecule has 1 aromatic heterocycles. The summed E-state index contributed by atoms with van der Waals surface area (Å²) < 4.78 is 0.323. The summed E-state index contributed by atoms with van der Waals surface area (Å²) in [5.74, 6) is 2.18. The van der Waals surface area contributed by atoms with Crippen molar-refractivity contribution in [3.8, 4) is 0 Å².